The number of nitrogens with one attached hydrogen (secondary N) is 2. The Balaban J connectivity index is 2.20. The number of aliphatic carboxylic acids is 1. The van der Waals surface area contributed by atoms with Crippen LogP contribution in [-0.2, 0) is 4.79 Å². The van der Waals surface area contributed by atoms with Gasteiger partial charge in [0.1, 0.15) is 5.82 Å². The van der Waals surface area contributed by atoms with Gasteiger partial charge in [0.05, 0.1) is 0 Å². The van der Waals surface area contributed by atoms with E-state index in [-0.39, 0.29) is 12.2 Å². The van der Waals surface area contributed by atoms with E-state index in [1.165, 1.54) is 6.07 Å². The maximum atomic E-state index is 13.3. The average molecular weight is 282 g/mol. The summed E-state index contributed by atoms with van der Waals surface area (Å²) < 4.78 is 13.3. The molecule has 3 N–H and O–H groups in total. The number of rotatable bonds is 7. The van der Waals surface area contributed by atoms with Gasteiger partial charge >= 0.3 is 12.0 Å². The van der Waals surface area contributed by atoms with E-state index in [4.69, 9.17) is 5.11 Å². The number of carboxylic acids is 1. The zero-order valence-electron chi connectivity index (χ0n) is 11.4. The first kappa shape index (κ1) is 15.9. The molecule has 1 rings (SSSR count). The topological polar surface area (TPSA) is 78.4 Å². The molecule has 5 nitrogen and oxygen atoms in total. The van der Waals surface area contributed by atoms with Gasteiger partial charge in [0.25, 0.3) is 0 Å². The number of hydrogen-bond acceptors (Lipinski definition) is 2. The number of carbonyl (C=O) groups is 2. The van der Waals surface area contributed by atoms with Gasteiger partial charge in [0.2, 0.25) is 0 Å². The van der Waals surface area contributed by atoms with Gasteiger partial charge in [-0.15, -0.1) is 0 Å². The predicted octanol–water partition coefficient (Wildman–Crippen LogP) is 2.90. The fraction of sp³-hybridized carbons (Fsp3) is 0.429. The Morgan fingerprint density at radius 2 is 2.00 bits per heavy atom. The molecular weight excluding hydrogens is 263 g/mol. The molecule has 0 atom stereocenters. The van der Waals surface area contributed by atoms with Crippen molar-refractivity contribution >= 4 is 17.7 Å². The zero-order chi connectivity index (χ0) is 15.0. The predicted molar refractivity (Wildman–Crippen MR) is 74.3 cm³/mol. The summed E-state index contributed by atoms with van der Waals surface area (Å²) in [5, 5.41) is 13.6. The first-order chi connectivity index (χ1) is 9.49. The molecule has 0 bridgehead atoms. The summed E-state index contributed by atoms with van der Waals surface area (Å²) in [6, 6.07) is 4.09. The Labute approximate surface area is 117 Å². The van der Waals surface area contributed by atoms with E-state index in [0.29, 0.717) is 30.6 Å². The normalized spacial score (nSPS) is 10.1. The minimum Gasteiger partial charge on any atom is -0.481 e. The quantitative estimate of drug-likeness (QED) is 0.673. The number of halogens is 1. The van der Waals surface area contributed by atoms with Crippen LogP contribution in [0.3, 0.4) is 0 Å². The first-order valence-corrected chi connectivity index (χ1v) is 6.52. The van der Waals surface area contributed by atoms with Gasteiger partial charge in [-0.2, -0.15) is 0 Å². The lowest BCUT2D eigenvalue weighted by Crippen LogP contribution is -2.29. The molecule has 0 aliphatic rings. The molecule has 2 amide bonds. The van der Waals surface area contributed by atoms with Crippen LogP contribution in [0.1, 0.15) is 31.2 Å². The van der Waals surface area contributed by atoms with Crippen LogP contribution in [0.15, 0.2) is 18.2 Å². The Kier molecular flexibility index (Phi) is 6.49. The van der Waals surface area contributed by atoms with E-state index in [1.54, 1.807) is 19.1 Å². The number of carbonyl (C=O) groups excluding carboxylic acids is 1. The minimum absolute atomic E-state index is 0.148. The molecule has 0 radical (unpaired) electrons. The Hall–Kier alpha value is -2.11. The van der Waals surface area contributed by atoms with Crippen molar-refractivity contribution in [3.63, 3.8) is 0 Å². The van der Waals surface area contributed by atoms with Gasteiger partial charge in [-0.3, -0.25) is 4.79 Å². The van der Waals surface area contributed by atoms with Crippen molar-refractivity contribution in [3.8, 4) is 0 Å². The molecule has 0 saturated heterocycles. The average Bonchev–Trinajstić information content (AvgIpc) is 2.38. The van der Waals surface area contributed by atoms with E-state index in [1.807, 2.05) is 0 Å². The molecule has 0 unspecified atom stereocenters. The van der Waals surface area contributed by atoms with Crippen LogP contribution in [-0.4, -0.2) is 23.7 Å². The van der Waals surface area contributed by atoms with Crippen LogP contribution in [0.25, 0.3) is 0 Å². The standard InChI is InChI=1S/C14H19FN2O3/c1-10-6-7-11(9-12(10)15)17-14(20)16-8-4-2-3-5-13(18)19/h6-7,9H,2-5,8H2,1H3,(H,18,19)(H2,16,17,20). The van der Waals surface area contributed by atoms with Crippen LogP contribution in [0.2, 0.25) is 0 Å². The van der Waals surface area contributed by atoms with Crippen molar-refractivity contribution in [2.24, 2.45) is 0 Å². The van der Waals surface area contributed by atoms with Crippen LogP contribution in [0.5, 0.6) is 0 Å². The highest BCUT2D eigenvalue weighted by atomic mass is 19.1. The third kappa shape index (κ3) is 6.17. The first-order valence-electron chi connectivity index (χ1n) is 6.52. The summed E-state index contributed by atoms with van der Waals surface area (Å²) in [5.74, 6) is -1.17. The fourth-order valence-electron chi connectivity index (χ4n) is 1.63. The van der Waals surface area contributed by atoms with Crippen LogP contribution in [0.4, 0.5) is 14.9 Å². The number of urea groups is 1. The van der Waals surface area contributed by atoms with Gasteiger partial charge in [0, 0.05) is 18.7 Å². The molecule has 0 fully saturated rings. The number of aryl methyl sites for hydroxylation is 1. The lowest BCUT2D eigenvalue weighted by atomic mass is 10.2. The lowest BCUT2D eigenvalue weighted by molar-refractivity contribution is -0.137. The van der Waals surface area contributed by atoms with Crippen molar-refractivity contribution in [2.75, 3.05) is 11.9 Å². The monoisotopic (exact) mass is 282 g/mol. The molecule has 0 saturated carbocycles. The third-order valence-electron chi connectivity index (χ3n) is 2.78. The molecular formula is C14H19FN2O3. The summed E-state index contributed by atoms with van der Waals surface area (Å²) in [6.07, 6.45) is 2.20. The van der Waals surface area contributed by atoms with E-state index >= 15 is 0 Å². The summed E-state index contributed by atoms with van der Waals surface area (Å²) in [7, 11) is 0. The molecule has 0 spiro atoms. The largest absolute Gasteiger partial charge is 0.481 e. The summed E-state index contributed by atoms with van der Waals surface area (Å²) in [6.45, 7) is 2.11. The highest BCUT2D eigenvalue weighted by molar-refractivity contribution is 5.89. The van der Waals surface area contributed by atoms with E-state index in [0.717, 1.165) is 6.42 Å². The maximum Gasteiger partial charge on any atom is 0.319 e. The molecule has 0 aromatic heterocycles. The number of carboxylic acid groups (broad SMARTS) is 1. The lowest BCUT2D eigenvalue weighted by Gasteiger charge is -2.08. The second-order valence-corrected chi connectivity index (χ2v) is 4.55. The molecule has 6 heteroatoms. The second-order valence-electron chi connectivity index (χ2n) is 4.55. The van der Waals surface area contributed by atoms with Crippen molar-refractivity contribution < 1.29 is 19.1 Å². The van der Waals surface area contributed by atoms with Gasteiger partial charge in [-0.25, -0.2) is 9.18 Å². The highest BCUT2D eigenvalue weighted by Gasteiger charge is 2.04. The molecule has 20 heavy (non-hydrogen) atoms. The van der Waals surface area contributed by atoms with Gasteiger partial charge in [-0.1, -0.05) is 12.5 Å². The number of unbranched alkanes of at least 4 members (excludes halogenated alkanes) is 2. The molecule has 110 valence electrons. The van der Waals surface area contributed by atoms with E-state index in [2.05, 4.69) is 10.6 Å². The van der Waals surface area contributed by atoms with E-state index < -0.39 is 12.0 Å². The minimum atomic E-state index is -0.808. The van der Waals surface area contributed by atoms with Crippen molar-refractivity contribution in [2.45, 2.75) is 32.6 Å². The number of amides is 2. The molecule has 1 aromatic rings. The van der Waals surface area contributed by atoms with Crippen LogP contribution >= 0.6 is 0 Å². The Morgan fingerprint density at radius 3 is 2.65 bits per heavy atom. The third-order valence-corrected chi connectivity index (χ3v) is 2.78. The van der Waals surface area contributed by atoms with Crippen LogP contribution < -0.4 is 10.6 Å². The van der Waals surface area contributed by atoms with Crippen molar-refractivity contribution in [3.05, 3.63) is 29.6 Å². The molecule has 0 aliphatic carbocycles. The number of benzene rings is 1. The molecule has 0 heterocycles. The summed E-state index contributed by atoms with van der Waals surface area (Å²) >= 11 is 0. The molecule has 0 aliphatic heterocycles. The SMILES string of the molecule is Cc1ccc(NC(=O)NCCCCCC(=O)O)cc1F. The summed E-state index contributed by atoms with van der Waals surface area (Å²) in [4.78, 5) is 21.8. The zero-order valence-corrected chi connectivity index (χ0v) is 11.4. The second kappa shape index (κ2) is 8.14. The number of anilines is 1. The Bertz CT molecular complexity index is 477. The van der Waals surface area contributed by atoms with Gasteiger partial charge < -0.3 is 15.7 Å². The summed E-state index contributed by atoms with van der Waals surface area (Å²) in [5.41, 5.74) is 0.922. The van der Waals surface area contributed by atoms with Crippen molar-refractivity contribution in [1.29, 1.82) is 0 Å². The maximum absolute atomic E-state index is 13.3. The number of hydrogen-bond donors (Lipinski definition) is 3. The van der Waals surface area contributed by atoms with Crippen LogP contribution in [0, 0.1) is 12.7 Å². The molecule has 1 aromatic carbocycles. The van der Waals surface area contributed by atoms with E-state index in [9.17, 15) is 14.0 Å². The van der Waals surface area contributed by atoms with Crippen molar-refractivity contribution in [1.82, 2.24) is 5.32 Å². The van der Waals surface area contributed by atoms with Gasteiger partial charge in [0.15, 0.2) is 0 Å². The highest BCUT2D eigenvalue weighted by Crippen LogP contribution is 2.13. The Morgan fingerprint density at radius 1 is 1.25 bits per heavy atom. The van der Waals surface area contributed by atoms with Gasteiger partial charge in [-0.05, 0) is 37.5 Å². The fourth-order valence-corrected chi connectivity index (χ4v) is 1.63. The smallest absolute Gasteiger partial charge is 0.319 e.